The summed E-state index contributed by atoms with van der Waals surface area (Å²) in [6.07, 6.45) is 0. The van der Waals surface area contributed by atoms with E-state index in [1.807, 2.05) is 24.3 Å². The first-order valence-electron chi connectivity index (χ1n) is 15.1. The number of hydrogen-bond acceptors (Lipinski definition) is 1. The summed E-state index contributed by atoms with van der Waals surface area (Å²) in [7, 11) is 0. The van der Waals surface area contributed by atoms with E-state index >= 15 is 0 Å². The Hall–Kier alpha value is -6.10. The second-order valence-corrected chi connectivity index (χ2v) is 12.4. The highest BCUT2D eigenvalue weighted by Crippen LogP contribution is 2.53. The molecule has 2 aromatic heterocycles. The van der Waals surface area contributed by atoms with Gasteiger partial charge >= 0.3 is 0 Å². The number of hydrogen-bond donors (Lipinski definition) is 0. The number of aromatic nitrogens is 2. The van der Waals surface area contributed by atoms with Crippen molar-refractivity contribution in [2.75, 3.05) is 0 Å². The maximum atomic E-state index is 9.63. The Kier molecular flexibility index (Phi) is 5.06. The molecule has 0 bridgehead atoms. The molecule has 8 aromatic rings. The van der Waals surface area contributed by atoms with Gasteiger partial charge in [-0.1, -0.05) is 80.6 Å². The van der Waals surface area contributed by atoms with Gasteiger partial charge in [-0.05, 0) is 82.2 Å². The van der Waals surface area contributed by atoms with Gasteiger partial charge in [0.2, 0.25) is 0 Å². The van der Waals surface area contributed by atoms with E-state index in [9.17, 15) is 5.26 Å². The molecule has 1 aliphatic carbocycles. The van der Waals surface area contributed by atoms with Crippen molar-refractivity contribution in [2.45, 2.75) is 19.3 Å². The van der Waals surface area contributed by atoms with E-state index in [-0.39, 0.29) is 5.41 Å². The molecular weight excluding hydrogens is 548 g/mol. The summed E-state index contributed by atoms with van der Waals surface area (Å²) in [4.78, 5) is 3.78. The predicted molar refractivity (Wildman–Crippen MR) is 184 cm³/mol. The molecule has 2 heterocycles. The first kappa shape index (κ1) is 25.4. The van der Waals surface area contributed by atoms with Crippen molar-refractivity contribution in [1.29, 1.82) is 5.26 Å². The maximum Gasteiger partial charge on any atom is 0.188 e. The number of benzene rings is 6. The van der Waals surface area contributed by atoms with E-state index < -0.39 is 0 Å². The van der Waals surface area contributed by atoms with Gasteiger partial charge in [0, 0.05) is 32.9 Å². The second-order valence-electron chi connectivity index (χ2n) is 12.4. The molecule has 0 saturated carbocycles. The highest BCUT2D eigenvalue weighted by molar-refractivity contribution is 6.14. The Morgan fingerprint density at radius 1 is 0.622 bits per heavy atom. The lowest BCUT2D eigenvalue weighted by Gasteiger charge is -2.24. The highest BCUT2D eigenvalue weighted by Gasteiger charge is 2.38. The highest BCUT2D eigenvalue weighted by atomic mass is 15.0. The van der Waals surface area contributed by atoms with Gasteiger partial charge in [-0.2, -0.15) is 5.26 Å². The predicted octanol–water partition coefficient (Wildman–Crippen LogP) is 10.6. The normalized spacial score (nSPS) is 13.2. The van der Waals surface area contributed by atoms with Gasteiger partial charge in [0.25, 0.3) is 0 Å². The van der Waals surface area contributed by atoms with Crippen LogP contribution in [-0.4, -0.2) is 9.13 Å². The van der Waals surface area contributed by atoms with Crippen molar-refractivity contribution in [3.8, 4) is 28.6 Å². The Bertz CT molecular complexity index is 2650. The Morgan fingerprint density at radius 3 is 2.18 bits per heavy atom. The van der Waals surface area contributed by atoms with Crippen LogP contribution in [0.4, 0.5) is 5.69 Å². The Morgan fingerprint density at radius 2 is 1.33 bits per heavy atom. The lowest BCUT2D eigenvalue weighted by molar-refractivity contribution is 0.664. The van der Waals surface area contributed by atoms with Gasteiger partial charge < -0.3 is 9.13 Å². The van der Waals surface area contributed by atoms with Crippen molar-refractivity contribution < 1.29 is 0 Å². The molecule has 0 spiro atoms. The molecule has 0 radical (unpaired) electrons. The smallest absolute Gasteiger partial charge is 0.188 e. The van der Waals surface area contributed by atoms with Crippen LogP contribution in [0.25, 0.3) is 71.0 Å². The molecule has 0 N–H and O–H groups in total. The van der Waals surface area contributed by atoms with Crippen LogP contribution in [0.15, 0.2) is 121 Å². The average Bonchev–Trinajstić information content (AvgIpc) is 3.67. The summed E-state index contributed by atoms with van der Waals surface area (Å²) in [6, 6.07) is 44.7. The van der Waals surface area contributed by atoms with E-state index in [2.05, 4.69) is 131 Å². The zero-order chi connectivity index (χ0) is 30.4. The van der Waals surface area contributed by atoms with Crippen molar-refractivity contribution in [2.24, 2.45) is 0 Å². The molecular formula is C41H26N4. The SMILES string of the molecule is [C-]#[N+]c1ccc2c(c1)c1ccc3c(c1n2-c1cccc(-n2c4ccccc4c4cc(C#N)ccc42)c1)C(C)(C)c1ccccc1-3. The van der Waals surface area contributed by atoms with Crippen LogP contribution < -0.4 is 0 Å². The molecule has 0 aliphatic heterocycles. The lowest BCUT2D eigenvalue weighted by atomic mass is 9.81. The van der Waals surface area contributed by atoms with E-state index in [0.29, 0.717) is 11.3 Å². The topological polar surface area (TPSA) is 38.0 Å². The molecule has 0 fully saturated rings. The fourth-order valence-corrected chi connectivity index (χ4v) is 7.78. The van der Waals surface area contributed by atoms with Gasteiger partial charge in [0.1, 0.15) is 0 Å². The number of para-hydroxylation sites is 1. The van der Waals surface area contributed by atoms with E-state index in [0.717, 1.165) is 49.5 Å². The number of nitrogens with zero attached hydrogens (tertiary/aromatic N) is 4. The molecule has 45 heavy (non-hydrogen) atoms. The fourth-order valence-electron chi connectivity index (χ4n) is 7.78. The molecule has 4 heteroatoms. The fraction of sp³-hybridized carbons (Fsp3) is 0.0732. The first-order valence-corrected chi connectivity index (χ1v) is 15.1. The van der Waals surface area contributed by atoms with Crippen LogP contribution in [0, 0.1) is 17.9 Å². The molecule has 0 unspecified atom stereocenters. The van der Waals surface area contributed by atoms with Crippen molar-refractivity contribution >= 4 is 49.3 Å². The summed E-state index contributed by atoms with van der Waals surface area (Å²) in [5, 5.41) is 14.0. The molecule has 0 saturated heterocycles. The molecule has 1 aliphatic rings. The third-order valence-corrected chi connectivity index (χ3v) is 9.71. The molecule has 0 amide bonds. The monoisotopic (exact) mass is 574 g/mol. The number of fused-ring (bicyclic) bond motifs is 10. The number of rotatable bonds is 2. The average molecular weight is 575 g/mol. The Balaban J connectivity index is 1.38. The summed E-state index contributed by atoms with van der Waals surface area (Å²) in [5.74, 6) is 0. The standard InChI is InChI=1S/C41H26N4/c1-41(2)35-13-6-4-11-29(35)31-17-18-32-34-22-26(43-3)16-20-38(34)45(40(32)39(31)41)28-10-8-9-27(23-28)44-36-14-7-5-12-30(36)33-21-25(24-42)15-19-37(33)44/h4-23H,1-2H3. The summed E-state index contributed by atoms with van der Waals surface area (Å²) in [6.45, 7) is 12.4. The quantitative estimate of drug-likeness (QED) is 0.189. The van der Waals surface area contributed by atoms with Crippen LogP contribution in [0.5, 0.6) is 0 Å². The maximum absolute atomic E-state index is 9.63. The molecule has 0 atom stereocenters. The van der Waals surface area contributed by atoms with Crippen LogP contribution in [0.3, 0.4) is 0 Å². The van der Waals surface area contributed by atoms with Crippen LogP contribution in [0.2, 0.25) is 0 Å². The zero-order valence-corrected chi connectivity index (χ0v) is 24.8. The van der Waals surface area contributed by atoms with E-state index in [1.165, 1.54) is 27.8 Å². The minimum Gasteiger partial charge on any atom is -0.309 e. The second kappa shape index (κ2) is 8.96. The molecule has 6 aromatic carbocycles. The number of nitriles is 1. The van der Waals surface area contributed by atoms with Gasteiger partial charge in [0.05, 0.1) is 40.3 Å². The Labute approximate surface area is 260 Å². The molecule has 4 nitrogen and oxygen atoms in total. The summed E-state index contributed by atoms with van der Waals surface area (Å²) >= 11 is 0. The van der Waals surface area contributed by atoms with E-state index in [1.54, 1.807) is 0 Å². The summed E-state index contributed by atoms with van der Waals surface area (Å²) in [5.41, 5.74) is 12.8. The van der Waals surface area contributed by atoms with Crippen molar-refractivity contribution in [3.05, 3.63) is 149 Å². The minimum absolute atomic E-state index is 0.205. The first-order chi connectivity index (χ1) is 22.0. The van der Waals surface area contributed by atoms with E-state index in [4.69, 9.17) is 6.57 Å². The van der Waals surface area contributed by atoms with Crippen LogP contribution in [0.1, 0.15) is 30.5 Å². The zero-order valence-electron chi connectivity index (χ0n) is 24.8. The van der Waals surface area contributed by atoms with Crippen LogP contribution in [-0.2, 0) is 5.41 Å². The summed E-state index contributed by atoms with van der Waals surface area (Å²) < 4.78 is 4.69. The molecule has 210 valence electrons. The lowest BCUT2D eigenvalue weighted by Crippen LogP contribution is -2.16. The van der Waals surface area contributed by atoms with Crippen molar-refractivity contribution in [1.82, 2.24) is 9.13 Å². The van der Waals surface area contributed by atoms with Crippen molar-refractivity contribution in [3.63, 3.8) is 0 Å². The third kappa shape index (κ3) is 3.34. The third-order valence-electron chi connectivity index (χ3n) is 9.71. The minimum atomic E-state index is -0.205. The molecule has 9 rings (SSSR count). The van der Waals surface area contributed by atoms with Gasteiger partial charge in [-0.25, -0.2) is 4.85 Å². The van der Waals surface area contributed by atoms with Gasteiger partial charge in [-0.3, -0.25) is 0 Å². The largest absolute Gasteiger partial charge is 0.309 e. The van der Waals surface area contributed by atoms with Gasteiger partial charge in [0.15, 0.2) is 5.69 Å². The van der Waals surface area contributed by atoms with Gasteiger partial charge in [-0.15, -0.1) is 0 Å². The van der Waals surface area contributed by atoms with Crippen LogP contribution >= 0.6 is 0 Å².